The monoisotopic (exact) mass is 290 g/mol. The summed E-state index contributed by atoms with van der Waals surface area (Å²) in [5.74, 6) is 0.541. The van der Waals surface area contributed by atoms with Crippen molar-refractivity contribution in [2.75, 3.05) is 0 Å². The van der Waals surface area contributed by atoms with E-state index >= 15 is 0 Å². The fourth-order valence-electron chi connectivity index (χ4n) is 2.18. The molecule has 5 nitrogen and oxygen atoms in total. The SMILES string of the molecule is CC[C@H](C)Oc1cc(C)ccc1CN1C(=O)N[C@H](C)C1=O. The highest BCUT2D eigenvalue weighted by Crippen LogP contribution is 2.25. The van der Waals surface area contributed by atoms with Crippen LogP contribution >= 0.6 is 0 Å². The first-order valence-corrected chi connectivity index (χ1v) is 7.30. The molecule has 0 radical (unpaired) electrons. The summed E-state index contributed by atoms with van der Waals surface area (Å²) in [5, 5.41) is 2.62. The Morgan fingerprint density at radius 3 is 2.67 bits per heavy atom. The number of carbonyl (C=O) groups is 2. The van der Waals surface area contributed by atoms with E-state index in [4.69, 9.17) is 4.74 Å². The molecule has 1 aromatic rings. The number of nitrogens with zero attached hydrogens (tertiary/aromatic N) is 1. The van der Waals surface area contributed by atoms with E-state index in [1.807, 2.05) is 32.0 Å². The molecule has 2 atom stereocenters. The zero-order valence-electron chi connectivity index (χ0n) is 13.0. The molecular formula is C16H22N2O3. The average molecular weight is 290 g/mol. The molecule has 0 aromatic heterocycles. The summed E-state index contributed by atoms with van der Waals surface area (Å²) in [6.45, 7) is 7.97. The number of aryl methyl sites for hydroxylation is 1. The molecular weight excluding hydrogens is 268 g/mol. The maximum absolute atomic E-state index is 12.0. The highest BCUT2D eigenvalue weighted by molar-refractivity contribution is 6.03. The van der Waals surface area contributed by atoms with Crippen molar-refractivity contribution in [1.29, 1.82) is 0 Å². The summed E-state index contributed by atoms with van der Waals surface area (Å²) in [6.07, 6.45) is 0.987. The summed E-state index contributed by atoms with van der Waals surface area (Å²) in [5.41, 5.74) is 1.93. The van der Waals surface area contributed by atoms with Crippen LogP contribution in [-0.2, 0) is 11.3 Å². The number of imide groups is 1. The van der Waals surface area contributed by atoms with Crippen molar-refractivity contribution in [3.63, 3.8) is 0 Å². The number of hydrogen-bond acceptors (Lipinski definition) is 3. The van der Waals surface area contributed by atoms with Crippen molar-refractivity contribution in [3.8, 4) is 5.75 Å². The average Bonchev–Trinajstić information content (AvgIpc) is 2.67. The second-order valence-corrected chi connectivity index (χ2v) is 5.54. The molecule has 0 bridgehead atoms. The molecule has 1 saturated heterocycles. The van der Waals surface area contributed by atoms with Crippen LogP contribution in [0.5, 0.6) is 5.75 Å². The molecule has 0 spiro atoms. The van der Waals surface area contributed by atoms with Gasteiger partial charge in [0.1, 0.15) is 11.8 Å². The Balaban J connectivity index is 2.23. The first-order valence-electron chi connectivity index (χ1n) is 7.30. The molecule has 5 heteroatoms. The van der Waals surface area contributed by atoms with Crippen molar-refractivity contribution in [1.82, 2.24) is 10.2 Å². The zero-order valence-corrected chi connectivity index (χ0v) is 13.0. The van der Waals surface area contributed by atoms with Gasteiger partial charge in [0.05, 0.1) is 12.6 Å². The van der Waals surface area contributed by atoms with Gasteiger partial charge in [-0.05, 0) is 38.8 Å². The van der Waals surface area contributed by atoms with Crippen LogP contribution in [0.4, 0.5) is 4.79 Å². The lowest BCUT2D eigenvalue weighted by Crippen LogP contribution is -2.30. The van der Waals surface area contributed by atoms with Gasteiger partial charge in [0, 0.05) is 5.56 Å². The Morgan fingerprint density at radius 1 is 1.38 bits per heavy atom. The minimum Gasteiger partial charge on any atom is -0.490 e. The lowest BCUT2D eigenvalue weighted by atomic mass is 10.1. The van der Waals surface area contributed by atoms with Gasteiger partial charge in [-0.15, -0.1) is 0 Å². The number of benzene rings is 1. The molecule has 1 N–H and O–H groups in total. The fourth-order valence-corrected chi connectivity index (χ4v) is 2.18. The Kier molecular flexibility index (Phi) is 4.50. The third-order valence-electron chi connectivity index (χ3n) is 3.68. The van der Waals surface area contributed by atoms with Crippen LogP contribution in [0.3, 0.4) is 0 Å². The molecule has 1 aromatic carbocycles. The number of amides is 3. The van der Waals surface area contributed by atoms with Crippen LogP contribution in [0.1, 0.15) is 38.3 Å². The number of urea groups is 1. The van der Waals surface area contributed by atoms with Crippen LogP contribution < -0.4 is 10.1 Å². The molecule has 1 heterocycles. The van der Waals surface area contributed by atoms with Gasteiger partial charge in [0.15, 0.2) is 0 Å². The smallest absolute Gasteiger partial charge is 0.325 e. The minimum atomic E-state index is -0.457. The van der Waals surface area contributed by atoms with E-state index in [0.29, 0.717) is 0 Å². The van der Waals surface area contributed by atoms with Crippen molar-refractivity contribution >= 4 is 11.9 Å². The Morgan fingerprint density at radius 2 is 2.10 bits per heavy atom. The van der Waals surface area contributed by atoms with Crippen LogP contribution in [-0.4, -0.2) is 29.0 Å². The van der Waals surface area contributed by atoms with Crippen LogP contribution in [0.2, 0.25) is 0 Å². The van der Waals surface area contributed by atoms with E-state index in [1.54, 1.807) is 6.92 Å². The molecule has 0 saturated carbocycles. The van der Waals surface area contributed by atoms with Crippen molar-refractivity contribution < 1.29 is 14.3 Å². The Bertz CT molecular complexity index is 556. The van der Waals surface area contributed by atoms with Gasteiger partial charge in [0.25, 0.3) is 5.91 Å². The molecule has 2 rings (SSSR count). The lowest BCUT2D eigenvalue weighted by molar-refractivity contribution is -0.127. The molecule has 1 fully saturated rings. The Labute approximate surface area is 125 Å². The van der Waals surface area contributed by atoms with E-state index in [-0.39, 0.29) is 24.6 Å². The van der Waals surface area contributed by atoms with Gasteiger partial charge in [-0.1, -0.05) is 19.1 Å². The quantitative estimate of drug-likeness (QED) is 0.848. The van der Waals surface area contributed by atoms with Crippen LogP contribution in [0, 0.1) is 6.92 Å². The normalized spacial score (nSPS) is 19.6. The minimum absolute atomic E-state index is 0.0904. The van der Waals surface area contributed by atoms with Gasteiger partial charge in [-0.2, -0.15) is 0 Å². The topological polar surface area (TPSA) is 58.6 Å². The van der Waals surface area contributed by atoms with Crippen molar-refractivity contribution in [3.05, 3.63) is 29.3 Å². The highest BCUT2D eigenvalue weighted by Gasteiger charge is 2.35. The van der Waals surface area contributed by atoms with E-state index in [1.165, 1.54) is 4.90 Å². The second kappa shape index (κ2) is 6.16. The van der Waals surface area contributed by atoms with Gasteiger partial charge in [-0.25, -0.2) is 4.79 Å². The van der Waals surface area contributed by atoms with Crippen molar-refractivity contribution in [2.45, 2.75) is 52.8 Å². The highest BCUT2D eigenvalue weighted by atomic mass is 16.5. The number of nitrogens with one attached hydrogen (secondary N) is 1. The molecule has 3 amide bonds. The van der Waals surface area contributed by atoms with E-state index in [9.17, 15) is 9.59 Å². The maximum atomic E-state index is 12.0. The summed E-state index contributed by atoms with van der Waals surface area (Å²) < 4.78 is 5.91. The van der Waals surface area contributed by atoms with Gasteiger partial charge >= 0.3 is 6.03 Å². The third kappa shape index (κ3) is 3.35. The molecule has 0 unspecified atom stereocenters. The zero-order chi connectivity index (χ0) is 15.6. The van der Waals surface area contributed by atoms with E-state index in [0.717, 1.165) is 23.3 Å². The molecule has 1 aliphatic heterocycles. The predicted molar refractivity (Wildman–Crippen MR) is 80.1 cm³/mol. The van der Waals surface area contributed by atoms with Crippen LogP contribution in [0.15, 0.2) is 18.2 Å². The molecule has 21 heavy (non-hydrogen) atoms. The third-order valence-corrected chi connectivity index (χ3v) is 3.68. The summed E-state index contributed by atoms with van der Waals surface area (Å²) in [4.78, 5) is 25.0. The first kappa shape index (κ1) is 15.4. The number of carbonyl (C=O) groups excluding carboxylic acids is 2. The molecule has 114 valence electrons. The summed E-state index contributed by atoms with van der Waals surface area (Å²) in [6, 6.07) is 5.02. The Hall–Kier alpha value is -2.04. The second-order valence-electron chi connectivity index (χ2n) is 5.54. The standard InChI is InChI=1S/C16H22N2O3/c1-5-11(3)21-14-8-10(2)6-7-13(14)9-18-15(19)12(4)17-16(18)20/h6-8,11-12H,5,9H2,1-4H3,(H,17,20)/t11-,12+/m0/s1. The lowest BCUT2D eigenvalue weighted by Gasteiger charge is -2.19. The molecule has 1 aliphatic rings. The number of ether oxygens (including phenoxy) is 1. The number of hydrogen-bond donors (Lipinski definition) is 1. The van der Waals surface area contributed by atoms with Gasteiger partial charge < -0.3 is 10.1 Å². The maximum Gasteiger partial charge on any atom is 0.325 e. The largest absolute Gasteiger partial charge is 0.490 e. The van der Waals surface area contributed by atoms with Gasteiger partial charge in [-0.3, -0.25) is 9.69 Å². The summed E-state index contributed by atoms with van der Waals surface area (Å²) in [7, 11) is 0. The van der Waals surface area contributed by atoms with E-state index < -0.39 is 6.04 Å². The number of rotatable bonds is 5. The predicted octanol–water partition coefficient (Wildman–Crippen LogP) is 2.61. The first-order chi connectivity index (χ1) is 9.92. The molecule has 0 aliphatic carbocycles. The summed E-state index contributed by atoms with van der Waals surface area (Å²) >= 11 is 0. The van der Waals surface area contributed by atoms with E-state index in [2.05, 4.69) is 12.2 Å². The van der Waals surface area contributed by atoms with Crippen LogP contribution in [0.25, 0.3) is 0 Å². The van der Waals surface area contributed by atoms with Crippen molar-refractivity contribution in [2.24, 2.45) is 0 Å². The fraction of sp³-hybridized carbons (Fsp3) is 0.500. The van der Waals surface area contributed by atoms with Gasteiger partial charge in [0.2, 0.25) is 0 Å².